The molecule has 2 N–H and O–H groups in total. The SMILES string of the molecule is Cc1cc2cc(NC(=O)c3ccc(C(C)(C)O)cc3)nc(N3CCC(C)CC3)n2n1. The van der Waals surface area contributed by atoms with Gasteiger partial charge < -0.3 is 15.3 Å². The first-order valence-corrected chi connectivity index (χ1v) is 10.5. The van der Waals surface area contributed by atoms with Gasteiger partial charge in [-0.3, -0.25) is 4.79 Å². The number of hydrogen-bond acceptors (Lipinski definition) is 5. The second kappa shape index (κ2) is 7.72. The maximum atomic E-state index is 12.8. The molecule has 1 fully saturated rings. The Labute approximate surface area is 176 Å². The van der Waals surface area contributed by atoms with Crippen LogP contribution in [0, 0.1) is 12.8 Å². The fourth-order valence-corrected chi connectivity index (χ4v) is 3.81. The number of carbonyl (C=O) groups is 1. The van der Waals surface area contributed by atoms with E-state index in [0.29, 0.717) is 17.3 Å². The highest BCUT2D eigenvalue weighted by atomic mass is 16.3. The van der Waals surface area contributed by atoms with Crippen LogP contribution in [0.1, 0.15) is 55.2 Å². The van der Waals surface area contributed by atoms with Crippen LogP contribution < -0.4 is 10.2 Å². The van der Waals surface area contributed by atoms with E-state index in [1.54, 1.807) is 38.1 Å². The molecule has 1 aliphatic rings. The Hall–Kier alpha value is -2.93. The lowest BCUT2D eigenvalue weighted by atomic mass is 9.97. The van der Waals surface area contributed by atoms with Crippen molar-refractivity contribution in [1.82, 2.24) is 14.6 Å². The Morgan fingerprint density at radius 3 is 2.47 bits per heavy atom. The molecule has 2 aromatic heterocycles. The number of anilines is 2. The number of fused-ring (bicyclic) bond motifs is 1. The summed E-state index contributed by atoms with van der Waals surface area (Å²) >= 11 is 0. The monoisotopic (exact) mass is 407 g/mol. The maximum Gasteiger partial charge on any atom is 0.256 e. The molecule has 30 heavy (non-hydrogen) atoms. The van der Waals surface area contributed by atoms with Crippen LogP contribution >= 0.6 is 0 Å². The molecule has 0 radical (unpaired) electrons. The third kappa shape index (κ3) is 4.16. The van der Waals surface area contributed by atoms with Crippen LogP contribution in [0.15, 0.2) is 36.4 Å². The number of piperidine rings is 1. The van der Waals surface area contributed by atoms with Gasteiger partial charge >= 0.3 is 0 Å². The fraction of sp³-hybridized carbons (Fsp3) is 0.435. The number of aryl methyl sites for hydroxylation is 1. The van der Waals surface area contributed by atoms with Crippen molar-refractivity contribution in [1.29, 1.82) is 0 Å². The fourth-order valence-electron chi connectivity index (χ4n) is 3.81. The smallest absolute Gasteiger partial charge is 0.256 e. The van der Waals surface area contributed by atoms with Gasteiger partial charge in [0, 0.05) is 24.7 Å². The molecule has 7 heteroatoms. The van der Waals surface area contributed by atoms with E-state index in [2.05, 4.69) is 22.2 Å². The van der Waals surface area contributed by atoms with Crippen LogP contribution in [-0.2, 0) is 5.60 Å². The molecule has 1 aliphatic heterocycles. The van der Waals surface area contributed by atoms with E-state index in [-0.39, 0.29) is 5.91 Å². The van der Waals surface area contributed by atoms with Gasteiger partial charge in [-0.1, -0.05) is 19.1 Å². The summed E-state index contributed by atoms with van der Waals surface area (Å²) in [5, 5.41) is 17.6. The number of nitrogens with zero attached hydrogens (tertiary/aromatic N) is 4. The van der Waals surface area contributed by atoms with Gasteiger partial charge in [-0.2, -0.15) is 10.1 Å². The minimum atomic E-state index is -0.942. The van der Waals surface area contributed by atoms with Gasteiger partial charge in [0.1, 0.15) is 5.82 Å². The molecule has 3 heterocycles. The standard InChI is InChI=1S/C23H29N5O2/c1-15-9-11-27(12-10-15)22-25-20(14-19-13-16(2)26-28(19)22)24-21(29)17-5-7-18(8-6-17)23(3,4)30/h5-8,13-15,30H,9-12H2,1-4H3,(H,24,29). The van der Waals surface area contributed by atoms with Crippen LogP contribution in [0.3, 0.4) is 0 Å². The molecule has 0 saturated carbocycles. The van der Waals surface area contributed by atoms with Gasteiger partial charge in [0.15, 0.2) is 0 Å². The van der Waals surface area contributed by atoms with E-state index in [9.17, 15) is 9.90 Å². The first kappa shape index (κ1) is 20.3. The Morgan fingerprint density at radius 1 is 1.17 bits per heavy atom. The third-order valence-electron chi connectivity index (χ3n) is 5.72. The highest BCUT2D eigenvalue weighted by Gasteiger charge is 2.22. The van der Waals surface area contributed by atoms with Crippen molar-refractivity contribution in [2.45, 2.75) is 46.1 Å². The van der Waals surface area contributed by atoms with Gasteiger partial charge in [0.05, 0.1) is 16.8 Å². The van der Waals surface area contributed by atoms with E-state index in [1.807, 2.05) is 23.6 Å². The molecule has 3 aromatic rings. The molecule has 0 aliphatic carbocycles. The van der Waals surface area contributed by atoms with E-state index in [4.69, 9.17) is 4.98 Å². The van der Waals surface area contributed by atoms with Crippen molar-refractivity contribution < 1.29 is 9.90 Å². The van der Waals surface area contributed by atoms with Crippen LogP contribution in [-0.4, -0.2) is 38.7 Å². The minimum Gasteiger partial charge on any atom is -0.386 e. The number of benzene rings is 1. The summed E-state index contributed by atoms with van der Waals surface area (Å²) in [4.78, 5) is 19.8. The Morgan fingerprint density at radius 2 is 1.83 bits per heavy atom. The van der Waals surface area contributed by atoms with Crippen molar-refractivity contribution in [2.24, 2.45) is 5.92 Å². The summed E-state index contributed by atoms with van der Waals surface area (Å²) in [5.74, 6) is 1.75. The van der Waals surface area contributed by atoms with Crippen LogP contribution in [0.4, 0.5) is 11.8 Å². The third-order valence-corrected chi connectivity index (χ3v) is 5.72. The van der Waals surface area contributed by atoms with E-state index >= 15 is 0 Å². The zero-order valence-electron chi connectivity index (χ0n) is 18.0. The average molecular weight is 408 g/mol. The summed E-state index contributed by atoms with van der Waals surface area (Å²) in [5.41, 5.74) is 2.15. The normalized spacial score (nSPS) is 15.6. The number of nitrogens with one attached hydrogen (secondary N) is 1. The first-order chi connectivity index (χ1) is 14.2. The van der Waals surface area contributed by atoms with Gasteiger partial charge in [-0.15, -0.1) is 0 Å². The molecular formula is C23H29N5O2. The van der Waals surface area contributed by atoms with Gasteiger partial charge in [-0.25, -0.2) is 4.52 Å². The van der Waals surface area contributed by atoms with Crippen LogP contribution in [0.5, 0.6) is 0 Å². The lowest BCUT2D eigenvalue weighted by Gasteiger charge is -2.31. The van der Waals surface area contributed by atoms with Gasteiger partial charge in [0.25, 0.3) is 5.91 Å². The molecular weight excluding hydrogens is 378 g/mol. The summed E-state index contributed by atoms with van der Waals surface area (Å²) in [7, 11) is 0. The Kier molecular flexibility index (Phi) is 5.24. The number of aliphatic hydroxyl groups is 1. The van der Waals surface area contributed by atoms with E-state index in [1.165, 1.54) is 0 Å². The molecule has 1 saturated heterocycles. The molecule has 4 rings (SSSR count). The van der Waals surface area contributed by atoms with Crippen molar-refractivity contribution in [3.63, 3.8) is 0 Å². The molecule has 158 valence electrons. The number of rotatable bonds is 4. The highest BCUT2D eigenvalue weighted by molar-refractivity contribution is 6.04. The van der Waals surface area contributed by atoms with Crippen molar-refractivity contribution in [2.75, 3.05) is 23.3 Å². The predicted octanol–water partition coefficient (Wildman–Crippen LogP) is 3.75. The largest absolute Gasteiger partial charge is 0.386 e. The number of amides is 1. The molecule has 1 amide bonds. The molecule has 0 bridgehead atoms. The lowest BCUT2D eigenvalue weighted by Crippen LogP contribution is -2.35. The van der Waals surface area contributed by atoms with Crippen molar-refractivity contribution >= 4 is 23.2 Å². The minimum absolute atomic E-state index is 0.233. The predicted molar refractivity (Wildman–Crippen MR) is 118 cm³/mol. The Bertz CT molecular complexity index is 1060. The Balaban J connectivity index is 1.61. The number of hydrogen-bond donors (Lipinski definition) is 2. The summed E-state index contributed by atoms with van der Waals surface area (Å²) in [6.07, 6.45) is 2.24. The lowest BCUT2D eigenvalue weighted by molar-refractivity contribution is 0.0785. The quantitative estimate of drug-likeness (QED) is 0.688. The summed E-state index contributed by atoms with van der Waals surface area (Å²) in [6.45, 7) is 9.53. The number of carbonyl (C=O) groups excluding carboxylic acids is 1. The van der Waals surface area contributed by atoms with Crippen LogP contribution in [0.2, 0.25) is 0 Å². The van der Waals surface area contributed by atoms with Crippen LogP contribution in [0.25, 0.3) is 5.52 Å². The highest BCUT2D eigenvalue weighted by Crippen LogP contribution is 2.25. The molecule has 0 spiro atoms. The first-order valence-electron chi connectivity index (χ1n) is 10.5. The van der Waals surface area contributed by atoms with E-state index < -0.39 is 5.60 Å². The van der Waals surface area contributed by atoms with Gasteiger partial charge in [-0.05, 0) is 63.3 Å². The van der Waals surface area contributed by atoms with Gasteiger partial charge in [0.2, 0.25) is 5.95 Å². The van der Waals surface area contributed by atoms with E-state index in [0.717, 1.165) is 48.7 Å². The summed E-state index contributed by atoms with van der Waals surface area (Å²) < 4.78 is 1.86. The zero-order chi connectivity index (χ0) is 21.5. The molecule has 0 atom stereocenters. The summed E-state index contributed by atoms with van der Waals surface area (Å²) in [6, 6.07) is 10.8. The number of aromatic nitrogens is 3. The molecule has 7 nitrogen and oxygen atoms in total. The second-order valence-electron chi connectivity index (χ2n) is 8.82. The zero-order valence-corrected chi connectivity index (χ0v) is 18.0. The molecule has 0 unspecified atom stereocenters. The molecule has 1 aromatic carbocycles. The van der Waals surface area contributed by atoms with Crippen molar-refractivity contribution in [3.8, 4) is 0 Å². The van der Waals surface area contributed by atoms with Crippen molar-refractivity contribution in [3.05, 3.63) is 53.2 Å². The average Bonchev–Trinajstić information content (AvgIpc) is 3.07. The maximum absolute atomic E-state index is 12.8. The second-order valence-corrected chi connectivity index (χ2v) is 8.82. The topological polar surface area (TPSA) is 82.8 Å².